The first-order valence-electron chi connectivity index (χ1n) is 5.39. The molecule has 19 heavy (non-hydrogen) atoms. The highest BCUT2D eigenvalue weighted by Crippen LogP contribution is 2.37. The van der Waals surface area contributed by atoms with E-state index in [2.05, 4.69) is 0 Å². The summed E-state index contributed by atoms with van der Waals surface area (Å²) in [6.07, 6.45) is 0. The first-order valence-corrected chi connectivity index (χ1v) is 6.21. The van der Waals surface area contributed by atoms with E-state index in [1.807, 2.05) is 0 Å². The number of rotatable bonds is 4. The average molecular weight is 277 g/mol. The Bertz CT molecular complexity index is 615. The third-order valence-corrected chi connectivity index (χ3v) is 3.45. The van der Waals surface area contributed by atoms with E-state index in [0.717, 1.165) is 4.90 Å². The first kappa shape index (κ1) is 13.2. The molecule has 0 amide bonds. The lowest BCUT2D eigenvalue weighted by Crippen LogP contribution is -1.92. The Balaban J connectivity index is 2.39. The van der Waals surface area contributed by atoms with Gasteiger partial charge in [-0.15, -0.1) is 0 Å². The lowest BCUT2D eigenvalue weighted by Gasteiger charge is -2.06. The van der Waals surface area contributed by atoms with Crippen molar-refractivity contribution >= 4 is 17.4 Å². The maximum Gasteiger partial charge on any atom is 0.283 e. The summed E-state index contributed by atoms with van der Waals surface area (Å²) < 4.78 is 5.07. The number of methoxy groups -OCH3 is 1. The second-order valence-corrected chi connectivity index (χ2v) is 4.81. The van der Waals surface area contributed by atoms with Gasteiger partial charge < -0.3 is 9.84 Å². The molecule has 0 spiro atoms. The molecule has 98 valence electrons. The van der Waals surface area contributed by atoms with E-state index in [4.69, 9.17) is 4.74 Å². The van der Waals surface area contributed by atoms with Gasteiger partial charge in [-0.2, -0.15) is 0 Å². The van der Waals surface area contributed by atoms with Crippen LogP contribution < -0.4 is 4.74 Å². The minimum absolute atomic E-state index is 0.00847. The summed E-state index contributed by atoms with van der Waals surface area (Å²) in [5.41, 5.74) is 0.00847. The molecule has 0 aliphatic rings. The van der Waals surface area contributed by atoms with Gasteiger partial charge in [-0.25, -0.2) is 0 Å². The van der Waals surface area contributed by atoms with Crippen molar-refractivity contribution in [2.75, 3.05) is 7.11 Å². The molecule has 2 rings (SSSR count). The summed E-state index contributed by atoms with van der Waals surface area (Å²) in [5, 5.41) is 20.4. The molecule has 2 aromatic carbocycles. The van der Waals surface area contributed by atoms with Crippen molar-refractivity contribution in [3.63, 3.8) is 0 Å². The Morgan fingerprint density at radius 2 is 2.05 bits per heavy atom. The average Bonchev–Trinajstić information content (AvgIpc) is 2.38. The quantitative estimate of drug-likeness (QED) is 0.684. The summed E-state index contributed by atoms with van der Waals surface area (Å²) >= 11 is 1.20. The van der Waals surface area contributed by atoms with E-state index in [1.165, 1.54) is 24.9 Å². The lowest BCUT2D eigenvalue weighted by molar-refractivity contribution is -0.387. The van der Waals surface area contributed by atoms with Crippen molar-refractivity contribution in [2.24, 2.45) is 0 Å². The molecule has 0 saturated carbocycles. The van der Waals surface area contributed by atoms with Gasteiger partial charge in [0.15, 0.2) is 0 Å². The maximum atomic E-state index is 11.0. The van der Waals surface area contributed by atoms with E-state index < -0.39 is 4.92 Å². The van der Waals surface area contributed by atoms with Gasteiger partial charge in [0.2, 0.25) is 0 Å². The number of nitro groups is 1. The van der Waals surface area contributed by atoms with Gasteiger partial charge in [-0.1, -0.05) is 17.8 Å². The maximum absolute atomic E-state index is 11.0. The number of ether oxygens (including phenoxy) is 1. The molecule has 5 nitrogen and oxygen atoms in total. The van der Waals surface area contributed by atoms with Crippen LogP contribution in [0.25, 0.3) is 0 Å². The third kappa shape index (κ3) is 3.17. The zero-order valence-corrected chi connectivity index (χ0v) is 10.9. The minimum atomic E-state index is -0.440. The number of phenolic OH excluding ortho intramolecular Hbond substituents is 1. The number of hydrogen-bond acceptors (Lipinski definition) is 5. The Morgan fingerprint density at radius 3 is 2.68 bits per heavy atom. The zero-order chi connectivity index (χ0) is 13.8. The monoisotopic (exact) mass is 277 g/mol. The van der Waals surface area contributed by atoms with Gasteiger partial charge in [-0.05, 0) is 24.3 Å². The molecule has 0 radical (unpaired) electrons. The van der Waals surface area contributed by atoms with Crippen LogP contribution in [0, 0.1) is 10.1 Å². The molecule has 0 unspecified atom stereocenters. The highest BCUT2D eigenvalue weighted by molar-refractivity contribution is 7.99. The number of hydrogen-bond donors (Lipinski definition) is 1. The molecule has 6 heteroatoms. The normalized spacial score (nSPS) is 10.2. The van der Waals surface area contributed by atoms with Crippen LogP contribution in [0.2, 0.25) is 0 Å². The molecule has 0 aliphatic heterocycles. The van der Waals surface area contributed by atoms with E-state index in [0.29, 0.717) is 10.6 Å². The van der Waals surface area contributed by atoms with E-state index in [9.17, 15) is 15.2 Å². The topological polar surface area (TPSA) is 72.6 Å². The van der Waals surface area contributed by atoms with Gasteiger partial charge in [0.05, 0.1) is 16.9 Å². The smallest absolute Gasteiger partial charge is 0.283 e. The van der Waals surface area contributed by atoms with Crippen LogP contribution in [0.5, 0.6) is 11.5 Å². The SMILES string of the molecule is COc1ccc([N+](=O)[O-])c(Sc2cccc(O)c2)c1. The Labute approximate surface area is 114 Å². The largest absolute Gasteiger partial charge is 0.508 e. The van der Waals surface area contributed by atoms with Crippen LogP contribution in [0.15, 0.2) is 52.3 Å². The van der Waals surface area contributed by atoms with Gasteiger partial charge in [-0.3, -0.25) is 10.1 Å². The second kappa shape index (κ2) is 5.62. The molecular weight excluding hydrogens is 266 g/mol. The fourth-order valence-corrected chi connectivity index (χ4v) is 2.53. The summed E-state index contributed by atoms with van der Waals surface area (Å²) in [5.74, 6) is 0.670. The van der Waals surface area contributed by atoms with Gasteiger partial charge in [0, 0.05) is 17.0 Å². The summed E-state index contributed by atoms with van der Waals surface area (Å²) in [6.45, 7) is 0. The molecule has 0 atom stereocenters. The molecule has 2 aromatic rings. The van der Waals surface area contributed by atoms with Crippen molar-refractivity contribution in [3.05, 3.63) is 52.6 Å². The highest BCUT2D eigenvalue weighted by Gasteiger charge is 2.15. The molecule has 0 aliphatic carbocycles. The third-order valence-electron chi connectivity index (χ3n) is 2.41. The molecule has 0 aromatic heterocycles. The first-order chi connectivity index (χ1) is 9.10. The molecular formula is C13H11NO4S. The molecule has 1 N–H and O–H groups in total. The van der Waals surface area contributed by atoms with Crippen molar-refractivity contribution in [3.8, 4) is 11.5 Å². The fourth-order valence-electron chi connectivity index (χ4n) is 1.53. The van der Waals surface area contributed by atoms with Crippen LogP contribution in [-0.2, 0) is 0 Å². The standard InChI is InChI=1S/C13H11NO4S/c1-18-10-5-6-12(14(16)17)13(8-10)19-11-4-2-3-9(15)7-11/h2-8,15H,1H3. The zero-order valence-electron chi connectivity index (χ0n) is 10.1. The van der Waals surface area contributed by atoms with Crippen molar-refractivity contribution in [1.29, 1.82) is 0 Å². The predicted molar refractivity (Wildman–Crippen MR) is 71.9 cm³/mol. The summed E-state index contributed by atoms with van der Waals surface area (Å²) in [6, 6.07) is 11.1. The van der Waals surface area contributed by atoms with Gasteiger partial charge in [0.1, 0.15) is 11.5 Å². The Hall–Kier alpha value is -2.21. The molecule has 0 saturated heterocycles. The highest BCUT2D eigenvalue weighted by atomic mass is 32.2. The number of benzene rings is 2. The van der Waals surface area contributed by atoms with E-state index >= 15 is 0 Å². The van der Waals surface area contributed by atoms with E-state index in [1.54, 1.807) is 36.4 Å². The van der Waals surface area contributed by atoms with Gasteiger partial charge in [0.25, 0.3) is 5.69 Å². The predicted octanol–water partition coefficient (Wildman–Crippen LogP) is 3.46. The fraction of sp³-hybridized carbons (Fsp3) is 0.0769. The second-order valence-electron chi connectivity index (χ2n) is 3.69. The van der Waals surface area contributed by atoms with Gasteiger partial charge >= 0.3 is 0 Å². The summed E-state index contributed by atoms with van der Waals surface area (Å²) in [4.78, 5) is 11.7. The van der Waals surface area contributed by atoms with E-state index in [-0.39, 0.29) is 11.4 Å². The van der Waals surface area contributed by atoms with Crippen LogP contribution in [0.4, 0.5) is 5.69 Å². The molecule has 0 heterocycles. The Kier molecular flexibility index (Phi) is 3.91. The van der Waals surface area contributed by atoms with Crippen LogP contribution >= 0.6 is 11.8 Å². The van der Waals surface area contributed by atoms with Crippen molar-refractivity contribution < 1.29 is 14.8 Å². The van der Waals surface area contributed by atoms with Crippen LogP contribution in [-0.4, -0.2) is 17.1 Å². The van der Waals surface area contributed by atoms with Crippen molar-refractivity contribution in [1.82, 2.24) is 0 Å². The van der Waals surface area contributed by atoms with Crippen molar-refractivity contribution in [2.45, 2.75) is 9.79 Å². The summed E-state index contributed by atoms with van der Waals surface area (Å²) in [7, 11) is 1.50. The minimum Gasteiger partial charge on any atom is -0.508 e. The number of phenols is 1. The molecule has 0 fully saturated rings. The number of nitrogens with zero attached hydrogens (tertiary/aromatic N) is 1. The van der Waals surface area contributed by atoms with Crippen LogP contribution in [0.1, 0.15) is 0 Å². The molecule has 0 bridgehead atoms. The number of aromatic hydroxyl groups is 1. The number of nitro benzene ring substituents is 1. The lowest BCUT2D eigenvalue weighted by atomic mass is 10.3. The van der Waals surface area contributed by atoms with Crippen LogP contribution in [0.3, 0.4) is 0 Å². The Morgan fingerprint density at radius 1 is 1.26 bits per heavy atom.